The zero-order chi connectivity index (χ0) is 22.1. The van der Waals surface area contributed by atoms with Gasteiger partial charge in [-0.3, -0.25) is 0 Å². The Morgan fingerprint density at radius 2 is 1.57 bits per heavy atom. The van der Waals surface area contributed by atoms with Crippen molar-refractivity contribution in [3.63, 3.8) is 0 Å². The molecule has 0 bridgehead atoms. The molecule has 1 heterocycles. The van der Waals surface area contributed by atoms with Gasteiger partial charge in [0.25, 0.3) is 0 Å². The van der Waals surface area contributed by atoms with Crippen molar-refractivity contribution in [1.82, 2.24) is 4.57 Å². The molecule has 2 aromatic carbocycles. The number of amides is 1. The van der Waals surface area contributed by atoms with Crippen molar-refractivity contribution < 1.29 is 13.9 Å². The van der Waals surface area contributed by atoms with Crippen LogP contribution in [-0.4, -0.2) is 16.3 Å². The predicted octanol–water partition coefficient (Wildman–Crippen LogP) is 6.15. The zero-order valence-electron chi connectivity index (χ0n) is 16.7. The number of rotatable bonds is 4. The Balaban J connectivity index is 2.01. The molecule has 0 aliphatic heterocycles. The molecule has 0 radical (unpaired) electrons. The molecule has 0 atom stereocenters. The standard InChI is InChI=1S/C22H20Cl2N2O4/c1-14(19-13-25(20(27)29-19)17-9-5-15(23)6-10-17)26(21(28)30-22(2,3)4)18-11-7-16(24)8-12-18/h5-13H,1H2,2-4H3. The number of hydrogen-bond donors (Lipinski definition) is 0. The monoisotopic (exact) mass is 446 g/mol. The van der Waals surface area contributed by atoms with Gasteiger partial charge in [0.2, 0.25) is 0 Å². The molecule has 0 saturated heterocycles. The van der Waals surface area contributed by atoms with E-state index >= 15 is 0 Å². The summed E-state index contributed by atoms with van der Waals surface area (Å²) in [6, 6.07) is 13.2. The van der Waals surface area contributed by atoms with Gasteiger partial charge >= 0.3 is 11.8 Å². The largest absolute Gasteiger partial charge is 0.443 e. The van der Waals surface area contributed by atoms with Gasteiger partial charge in [-0.25, -0.2) is 19.1 Å². The van der Waals surface area contributed by atoms with E-state index in [9.17, 15) is 9.59 Å². The molecule has 0 saturated carbocycles. The van der Waals surface area contributed by atoms with Gasteiger partial charge in [-0.15, -0.1) is 0 Å². The Morgan fingerprint density at radius 1 is 1.03 bits per heavy atom. The van der Waals surface area contributed by atoms with Crippen molar-refractivity contribution in [3.05, 3.63) is 87.7 Å². The molecule has 1 aromatic heterocycles. The van der Waals surface area contributed by atoms with E-state index in [0.717, 1.165) is 0 Å². The molecule has 6 nitrogen and oxygen atoms in total. The fourth-order valence-electron chi connectivity index (χ4n) is 2.63. The van der Waals surface area contributed by atoms with E-state index in [1.165, 1.54) is 15.7 Å². The molecule has 3 aromatic rings. The van der Waals surface area contributed by atoms with E-state index in [1.807, 2.05) is 0 Å². The lowest BCUT2D eigenvalue weighted by atomic mass is 10.2. The van der Waals surface area contributed by atoms with Gasteiger partial charge in [0, 0.05) is 10.0 Å². The van der Waals surface area contributed by atoms with Gasteiger partial charge in [0.1, 0.15) is 5.60 Å². The number of nitrogens with zero attached hydrogens (tertiary/aromatic N) is 2. The molecule has 3 rings (SSSR count). The van der Waals surface area contributed by atoms with Crippen molar-refractivity contribution in [2.24, 2.45) is 0 Å². The maximum Gasteiger partial charge on any atom is 0.424 e. The minimum atomic E-state index is -0.738. The summed E-state index contributed by atoms with van der Waals surface area (Å²) in [4.78, 5) is 26.6. The second kappa shape index (κ2) is 8.42. The van der Waals surface area contributed by atoms with Gasteiger partial charge in [-0.05, 0) is 69.3 Å². The molecular weight excluding hydrogens is 427 g/mol. The highest BCUT2D eigenvalue weighted by atomic mass is 35.5. The van der Waals surface area contributed by atoms with Gasteiger partial charge in [0.15, 0.2) is 5.76 Å². The van der Waals surface area contributed by atoms with Crippen LogP contribution in [0.15, 0.2) is 70.5 Å². The van der Waals surface area contributed by atoms with Crippen LogP contribution in [0.25, 0.3) is 11.4 Å². The van der Waals surface area contributed by atoms with Crippen molar-refractivity contribution >= 4 is 40.7 Å². The van der Waals surface area contributed by atoms with Gasteiger partial charge in [-0.2, -0.15) is 0 Å². The Kier molecular flexibility index (Phi) is 6.10. The summed E-state index contributed by atoms with van der Waals surface area (Å²) in [5.41, 5.74) is 0.414. The minimum absolute atomic E-state index is 0.107. The average Bonchev–Trinajstić information content (AvgIpc) is 3.04. The molecule has 0 N–H and O–H groups in total. The molecule has 0 aliphatic carbocycles. The minimum Gasteiger partial charge on any atom is -0.443 e. The fraction of sp³-hybridized carbons (Fsp3) is 0.182. The number of carbonyl (C=O) groups is 1. The van der Waals surface area contributed by atoms with Crippen molar-refractivity contribution in [2.45, 2.75) is 26.4 Å². The summed E-state index contributed by atoms with van der Waals surface area (Å²) < 4.78 is 12.2. The fourth-order valence-corrected chi connectivity index (χ4v) is 2.89. The topological polar surface area (TPSA) is 64.7 Å². The molecule has 8 heteroatoms. The maximum atomic E-state index is 12.9. The zero-order valence-corrected chi connectivity index (χ0v) is 18.2. The third-order valence-corrected chi connectivity index (χ3v) is 4.46. The highest BCUT2D eigenvalue weighted by Gasteiger charge is 2.28. The SMILES string of the molecule is C=C(c1cn(-c2ccc(Cl)cc2)c(=O)o1)N(C(=O)OC(C)(C)C)c1ccc(Cl)cc1. The second-order valence-corrected chi connectivity index (χ2v) is 8.32. The first-order valence-electron chi connectivity index (χ1n) is 9.01. The quantitative estimate of drug-likeness (QED) is 0.481. The average molecular weight is 447 g/mol. The molecule has 0 spiro atoms. The van der Waals surface area contributed by atoms with Crippen LogP contribution in [0, 0.1) is 0 Å². The van der Waals surface area contributed by atoms with Crippen molar-refractivity contribution in [1.29, 1.82) is 0 Å². The third-order valence-electron chi connectivity index (χ3n) is 3.96. The van der Waals surface area contributed by atoms with E-state index in [-0.39, 0.29) is 11.5 Å². The Morgan fingerprint density at radius 3 is 2.10 bits per heavy atom. The number of ether oxygens (including phenoxy) is 1. The van der Waals surface area contributed by atoms with Crippen LogP contribution in [0.4, 0.5) is 10.5 Å². The van der Waals surface area contributed by atoms with Gasteiger partial charge in [0.05, 0.1) is 23.3 Å². The second-order valence-electron chi connectivity index (χ2n) is 7.45. The molecule has 0 aliphatic rings. The first-order valence-corrected chi connectivity index (χ1v) is 9.77. The molecule has 0 unspecified atom stereocenters. The lowest BCUT2D eigenvalue weighted by molar-refractivity contribution is 0.0600. The summed E-state index contributed by atoms with van der Waals surface area (Å²) in [6.07, 6.45) is 0.790. The highest BCUT2D eigenvalue weighted by Crippen LogP contribution is 2.29. The number of hydrogen-bond acceptors (Lipinski definition) is 4. The lowest BCUT2D eigenvalue weighted by Gasteiger charge is -2.27. The van der Waals surface area contributed by atoms with Crippen molar-refractivity contribution in [2.75, 3.05) is 4.90 Å². The van der Waals surface area contributed by atoms with E-state index in [0.29, 0.717) is 21.4 Å². The van der Waals surface area contributed by atoms with E-state index in [2.05, 4.69) is 6.58 Å². The van der Waals surface area contributed by atoms with Gasteiger partial charge < -0.3 is 9.15 Å². The molecular formula is C22H20Cl2N2O4. The Hall–Kier alpha value is -2.96. The summed E-state index contributed by atoms with van der Waals surface area (Å²) in [6.45, 7) is 9.23. The number of anilines is 1. The maximum absolute atomic E-state index is 12.9. The van der Waals surface area contributed by atoms with Crippen LogP contribution in [0.5, 0.6) is 0 Å². The molecule has 1 amide bonds. The highest BCUT2D eigenvalue weighted by molar-refractivity contribution is 6.30. The van der Waals surface area contributed by atoms with Crippen molar-refractivity contribution in [3.8, 4) is 5.69 Å². The Labute approximate surface area is 183 Å². The van der Waals surface area contributed by atoms with Crippen LogP contribution >= 0.6 is 23.2 Å². The summed E-state index contributed by atoms with van der Waals surface area (Å²) in [5, 5.41) is 1.05. The van der Waals surface area contributed by atoms with Crippen LogP contribution in [0.3, 0.4) is 0 Å². The smallest absolute Gasteiger partial charge is 0.424 e. The van der Waals surface area contributed by atoms with Gasteiger partial charge in [-0.1, -0.05) is 29.8 Å². The number of halogens is 2. The van der Waals surface area contributed by atoms with Crippen LogP contribution < -0.4 is 10.7 Å². The summed E-state index contributed by atoms with van der Waals surface area (Å²) in [5.74, 6) is -0.524. The molecule has 30 heavy (non-hydrogen) atoms. The number of benzene rings is 2. The first kappa shape index (κ1) is 21.7. The number of carbonyl (C=O) groups excluding carboxylic acids is 1. The molecule has 0 fully saturated rings. The first-order chi connectivity index (χ1) is 14.0. The van der Waals surface area contributed by atoms with E-state index in [1.54, 1.807) is 69.3 Å². The molecule has 156 valence electrons. The van der Waals surface area contributed by atoms with Crippen LogP contribution in [0.2, 0.25) is 10.0 Å². The lowest BCUT2D eigenvalue weighted by Crippen LogP contribution is -2.35. The normalized spacial score (nSPS) is 11.2. The van der Waals surface area contributed by atoms with E-state index in [4.69, 9.17) is 32.4 Å². The predicted molar refractivity (Wildman–Crippen MR) is 119 cm³/mol. The summed E-state index contributed by atoms with van der Waals surface area (Å²) in [7, 11) is 0. The van der Waals surface area contributed by atoms with Crippen LogP contribution in [-0.2, 0) is 4.74 Å². The summed E-state index contributed by atoms with van der Waals surface area (Å²) >= 11 is 11.9. The number of oxazole rings is 1. The number of aromatic nitrogens is 1. The third kappa shape index (κ3) is 4.96. The van der Waals surface area contributed by atoms with E-state index < -0.39 is 17.5 Å². The Bertz CT molecular complexity index is 1120. The van der Waals surface area contributed by atoms with Crippen LogP contribution in [0.1, 0.15) is 26.5 Å².